The molecule has 0 amide bonds. The normalized spacial score (nSPS) is 14.1. The smallest absolute Gasteiger partial charge is 0.234 e. The third kappa shape index (κ3) is 5.49. The molecule has 198 valence electrons. The molecule has 0 aliphatic carbocycles. The third-order valence-corrected chi connectivity index (χ3v) is 7.50. The largest absolute Gasteiger partial charge is 0.367 e. The maximum Gasteiger partial charge on any atom is 0.234 e. The number of hydrogen-bond donors (Lipinski definition) is 1. The van der Waals surface area contributed by atoms with E-state index >= 15 is 0 Å². The van der Waals surface area contributed by atoms with Gasteiger partial charge in [0.05, 0.1) is 11.4 Å². The van der Waals surface area contributed by atoms with Gasteiger partial charge >= 0.3 is 0 Å². The van der Waals surface area contributed by atoms with Crippen molar-refractivity contribution in [1.29, 1.82) is 5.26 Å². The van der Waals surface area contributed by atoms with E-state index in [2.05, 4.69) is 105 Å². The molecule has 5 aromatic rings. The second-order valence-corrected chi connectivity index (χ2v) is 10.2. The molecule has 2 aromatic heterocycles. The molecule has 1 aliphatic rings. The van der Waals surface area contributed by atoms with Gasteiger partial charge in [0.1, 0.15) is 17.7 Å². The summed E-state index contributed by atoms with van der Waals surface area (Å²) in [5.74, 6) is 1.88. The van der Waals surface area contributed by atoms with Gasteiger partial charge in [-0.05, 0) is 24.5 Å². The molecular weight excluding hydrogens is 494 g/mol. The minimum Gasteiger partial charge on any atom is -0.367 e. The fourth-order valence-corrected chi connectivity index (χ4v) is 5.44. The maximum atomic E-state index is 9.04. The van der Waals surface area contributed by atoms with Crippen molar-refractivity contribution in [1.82, 2.24) is 24.4 Å². The Morgan fingerprint density at radius 1 is 0.825 bits per heavy atom. The average molecular weight is 526 g/mol. The van der Waals surface area contributed by atoms with Crippen LogP contribution < -0.4 is 5.32 Å². The molecular formula is C33H31N7. The number of nitriles is 1. The van der Waals surface area contributed by atoms with Crippen molar-refractivity contribution in [3.63, 3.8) is 0 Å². The molecule has 0 saturated carbocycles. The monoisotopic (exact) mass is 525 g/mol. The molecule has 7 nitrogen and oxygen atoms in total. The van der Waals surface area contributed by atoms with Crippen molar-refractivity contribution in [2.45, 2.75) is 25.4 Å². The van der Waals surface area contributed by atoms with E-state index in [9.17, 15) is 0 Å². The van der Waals surface area contributed by atoms with Crippen LogP contribution in [0.2, 0.25) is 0 Å². The number of piperidine rings is 1. The quantitative estimate of drug-likeness (QED) is 0.274. The van der Waals surface area contributed by atoms with Gasteiger partial charge in [0.25, 0.3) is 0 Å². The third-order valence-electron chi connectivity index (χ3n) is 7.50. The van der Waals surface area contributed by atoms with Gasteiger partial charge in [0.2, 0.25) is 5.82 Å². The highest BCUT2D eigenvalue weighted by Gasteiger charge is 2.21. The Bertz CT molecular complexity index is 1610. The minimum absolute atomic E-state index is 0.198. The Labute approximate surface area is 234 Å². The summed E-state index contributed by atoms with van der Waals surface area (Å²) in [6, 6.07) is 33.9. The predicted octanol–water partition coefficient (Wildman–Crippen LogP) is 6.16. The summed E-state index contributed by atoms with van der Waals surface area (Å²) < 4.78 is 2.20. The lowest BCUT2D eigenvalue weighted by Gasteiger charge is -2.32. The van der Waals surface area contributed by atoms with Crippen molar-refractivity contribution < 1.29 is 0 Å². The Balaban J connectivity index is 1.16. The highest BCUT2D eigenvalue weighted by Crippen LogP contribution is 2.35. The number of likely N-dealkylation sites (tertiary alicyclic amines) is 1. The van der Waals surface area contributed by atoms with Crippen molar-refractivity contribution in [2.24, 2.45) is 7.05 Å². The second kappa shape index (κ2) is 11.5. The zero-order valence-electron chi connectivity index (χ0n) is 22.5. The van der Waals surface area contributed by atoms with E-state index in [0.717, 1.165) is 72.2 Å². The van der Waals surface area contributed by atoms with Crippen LogP contribution >= 0.6 is 0 Å². The van der Waals surface area contributed by atoms with Gasteiger partial charge in [-0.25, -0.2) is 15.0 Å². The van der Waals surface area contributed by atoms with Crippen molar-refractivity contribution in [3.8, 4) is 40.0 Å². The molecule has 0 radical (unpaired) electrons. The number of aromatic nitrogens is 4. The van der Waals surface area contributed by atoms with Crippen LogP contribution in [0.25, 0.3) is 33.9 Å². The average Bonchev–Trinajstić information content (AvgIpc) is 3.36. The van der Waals surface area contributed by atoms with E-state index in [1.54, 1.807) is 6.20 Å². The molecule has 0 bridgehead atoms. The van der Waals surface area contributed by atoms with E-state index in [1.807, 2.05) is 24.3 Å². The Kier molecular flexibility index (Phi) is 7.34. The van der Waals surface area contributed by atoms with Crippen molar-refractivity contribution >= 4 is 5.82 Å². The number of nitrogens with one attached hydrogen (secondary N) is 1. The molecule has 1 aliphatic heterocycles. The molecule has 0 spiro atoms. The molecule has 3 aromatic carbocycles. The van der Waals surface area contributed by atoms with Crippen LogP contribution in [0.15, 0.2) is 97.2 Å². The van der Waals surface area contributed by atoms with Crippen LogP contribution in [0.3, 0.4) is 0 Å². The topological polar surface area (TPSA) is 82.7 Å². The van der Waals surface area contributed by atoms with Gasteiger partial charge in [-0.15, -0.1) is 0 Å². The molecule has 1 fully saturated rings. The van der Waals surface area contributed by atoms with Crippen LogP contribution in [-0.4, -0.2) is 43.6 Å². The Morgan fingerprint density at radius 3 is 2.17 bits per heavy atom. The van der Waals surface area contributed by atoms with Gasteiger partial charge in [-0.3, -0.25) is 4.90 Å². The highest BCUT2D eigenvalue weighted by atomic mass is 15.1. The van der Waals surface area contributed by atoms with Gasteiger partial charge in [-0.2, -0.15) is 5.26 Å². The van der Waals surface area contributed by atoms with Crippen molar-refractivity contribution in [2.75, 3.05) is 18.4 Å². The Hall–Kier alpha value is -4.80. The lowest BCUT2D eigenvalue weighted by molar-refractivity contribution is 0.211. The summed E-state index contributed by atoms with van der Waals surface area (Å²) in [5, 5.41) is 12.5. The van der Waals surface area contributed by atoms with E-state index in [1.165, 1.54) is 5.56 Å². The van der Waals surface area contributed by atoms with Crippen LogP contribution in [0, 0.1) is 11.3 Å². The van der Waals surface area contributed by atoms with Gasteiger partial charge in [0.15, 0.2) is 0 Å². The first kappa shape index (κ1) is 25.5. The van der Waals surface area contributed by atoms with E-state index in [0.29, 0.717) is 6.04 Å². The SMILES string of the molecule is Cn1c(-c2ccccc2)nc(-c2ccc(CN3CCC(Nc4ccnc(C#N)n4)CC3)cc2)c1-c1ccccc1. The molecule has 1 N–H and O–H groups in total. The van der Waals surface area contributed by atoms with Crippen LogP contribution in [0.1, 0.15) is 24.2 Å². The number of hydrogen-bond acceptors (Lipinski definition) is 6. The first-order chi connectivity index (χ1) is 19.7. The summed E-state index contributed by atoms with van der Waals surface area (Å²) >= 11 is 0. The zero-order chi connectivity index (χ0) is 27.3. The fourth-order valence-electron chi connectivity index (χ4n) is 5.44. The summed E-state index contributed by atoms with van der Waals surface area (Å²) in [6.45, 7) is 2.94. The molecule has 6 rings (SSSR count). The maximum absolute atomic E-state index is 9.04. The standard InChI is InChI=1S/C33H31N7/c1-39-32(26-8-4-2-5-9-26)31(38-33(39)27-10-6-3-7-11-27)25-14-12-24(13-15-25)23-40-20-17-28(18-21-40)36-29-16-19-35-30(22-34)37-29/h2-16,19,28H,17-18,20-21,23H2,1H3,(H,35,36,37). The van der Waals surface area contributed by atoms with Crippen LogP contribution in [-0.2, 0) is 13.6 Å². The number of imidazole rings is 1. The minimum atomic E-state index is 0.198. The Morgan fingerprint density at radius 2 is 1.50 bits per heavy atom. The number of nitrogens with zero attached hydrogens (tertiary/aromatic N) is 6. The van der Waals surface area contributed by atoms with Crippen molar-refractivity contribution in [3.05, 3.63) is 109 Å². The molecule has 3 heterocycles. The lowest BCUT2D eigenvalue weighted by atomic mass is 10.0. The van der Waals surface area contributed by atoms with E-state index < -0.39 is 0 Å². The number of benzene rings is 3. The molecule has 0 atom stereocenters. The van der Waals surface area contributed by atoms with E-state index in [-0.39, 0.29) is 5.82 Å². The van der Waals surface area contributed by atoms with Crippen LogP contribution in [0.4, 0.5) is 5.82 Å². The van der Waals surface area contributed by atoms with Gasteiger partial charge < -0.3 is 9.88 Å². The summed E-state index contributed by atoms with van der Waals surface area (Å²) in [6.07, 6.45) is 3.68. The van der Waals surface area contributed by atoms with Crippen LogP contribution in [0.5, 0.6) is 0 Å². The van der Waals surface area contributed by atoms with E-state index in [4.69, 9.17) is 10.2 Å². The zero-order valence-corrected chi connectivity index (χ0v) is 22.5. The fraction of sp³-hybridized carbons (Fsp3) is 0.212. The van der Waals surface area contributed by atoms with Gasteiger partial charge in [0, 0.05) is 55.6 Å². The summed E-state index contributed by atoms with van der Waals surface area (Å²) in [5.41, 5.74) is 6.78. The summed E-state index contributed by atoms with van der Waals surface area (Å²) in [4.78, 5) is 15.8. The lowest BCUT2D eigenvalue weighted by Crippen LogP contribution is -2.38. The first-order valence-electron chi connectivity index (χ1n) is 13.7. The molecule has 1 saturated heterocycles. The first-order valence-corrected chi connectivity index (χ1v) is 13.7. The second-order valence-electron chi connectivity index (χ2n) is 10.2. The number of rotatable bonds is 7. The molecule has 0 unspecified atom stereocenters. The molecule has 7 heteroatoms. The molecule has 40 heavy (non-hydrogen) atoms. The number of anilines is 1. The highest BCUT2D eigenvalue weighted by molar-refractivity contribution is 5.82. The predicted molar refractivity (Wildman–Crippen MR) is 158 cm³/mol. The van der Waals surface area contributed by atoms with Gasteiger partial charge in [-0.1, -0.05) is 84.9 Å². The summed E-state index contributed by atoms with van der Waals surface area (Å²) in [7, 11) is 2.10.